The Labute approximate surface area is 97.0 Å². The lowest BCUT2D eigenvalue weighted by atomic mass is 9.98. The molecule has 0 amide bonds. The minimum atomic E-state index is 0.856. The zero-order chi connectivity index (χ0) is 11.5. The SMILES string of the molecule is CC1=CC=C(c2ccccc2N)CC(C)=C1. The van der Waals surface area contributed by atoms with Gasteiger partial charge in [0.1, 0.15) is 0 Å². The average molecular weight is 211 g/mol. The van der Waals surface area contributed by atoms with Crippen molar-refractivity contribution in [2.75, 3.05) is 5.73 Å². The van der Waals surface area contributed by atoms with Crippen molar-refractivity contribution in [3.63, 3.8) is 0 Å². The monoisotopic (exact) mass is 211 g/mol. The summed E-state index contributed by atoms with van der Waals surface area (Å²) in [5, 5.41) is 0. The molecule has 0 unspecified atom stereocenters. The van der Waals surface area contributed by atoms with Gasteiger partial charge in [-0.2, -0.15) is 0 Å². The van der Waals surface area contributed by atoms with Crippen molar-refractivity contribution in [1.82, 2.24) is 0 Å². The third-order valence-corrected chi connectivity index (χ3v) is 2.80. The highest BCUT2D eigenvalue weighted by Gasteiger charge is 2.07. The Bertz CT molecular complexity index is 490. The normalized spacial score (nSPS) is 16.0. The van der Waals surface area contributed by atoms with Crippen LogP contribution < -0.4 is 5.73 Å². The Morgan fingerprint density at radius 2 is 1.81 bits per heavy atom. The Morgan fingerprint density at radius 3 is 2.56 bits per heavy atom. The number of benzene rings is 1. The number of para-hydroxylation sites is 1. The van der Waals surface area contributed by atoms with E-state index < -0.39 is 0 Å². The van der Waals surface area contributed by atoms with Gasteiger partial charge < -0.3 is 5.73 Å². The molecule has 1 heteroatoms. The highest BCUT2D eigenvalue weighted by Crippen LogP contribution is 2.29. The summed E-state index contributed by atoms with van der Waals surface area (Å²) in [5.41, 5.74) is 12.0. The lowest BCUT2D eigenvalue weighted by Crippen LogP contribution is -1.93. The zero-order valence-electron chi connectivity index (χ0n) is 9.83. The molecule has 16 heavy (non-hydrogen) atoms. The van der Waals surface area contributed by atoms with Crippen LogP contribution in [0.1, 0.15) is 25.8 Å². The molecule has 1 aliphatic carbocycles. The van der Waals surface area contributed by atoms with Crippen molar-refractivity contribution in [2.45, 2.75) is 20.3 Å². The number of allylic oxidation sites excluding steroid dienone is 6. The van der Waals surface area contributed by atoms with Gasteiger partial charge in [0.25, 0.3) is 0 Å². The summed E-state index contributed by atoms with van der Waals surface area (Å²) in [5.74, 6) is 0. The third-order valence-electron chi connectivity index (χ3n) is 2.80. The lowest BCUT2D eigenvalue weighted by molar-refractivity contribution is 1.22. The predicted molar refractivity (Wildman–Crippen MR) is 71.0 cm³/mol. The summed E-state index contributed by atoms with van der Waals surface area (Å²) in [4.78, 5) is 0. The van der Waals surface area contributed by atoms with Gasteiger partial charge in [-0.3, -0.25) is 0 Å². The molecule has 0 bridgehead atoms. The van der Waals surface area contributed by atoms with E-state index in [9.17, 15) is 0 Å². The molecule has 0 heterocycles. The fourth-order valence-electron chi connectivity index (χ4n) is 2.05. The van der Waals surface area contributed by atoms with E-state index in [2.05, 4.69) is 38.1 Å². The van der Waals surface area contributed by atoms with Gasteiger partial charge >= 0.3 is 0 Å². The first-order valence-corrected chi connectivity index (χ1v) is 5.56. The molecule has 1 aromatic rings. The Morgan fingerprint density at radius 1 is 1.06 bits per heavy atom. The summed E-state index contributed by atoms with van der Waals surface area (Å²) >= 11 is 0. The van der Waals surface area contributed by atoms with E-state index in [1.54, 1.807) is 0 Å². The molecule has 0 saturated carbocycles. The van der Waals surface area contributed by atoms with Gasteiger partial charge in [0.05, 0.1) is 0 Å². The fraction of sp³-hybridized carbons (Fsp3) is 0.200. The second-order valence-corrected chi connectivity index (χ2v) is 4.36. The summed E-state index contributed by atoms with van der Waals surface area (Å²) in [6, 6.07) is 8.05. The van der Waals surface area contributed by atoms with Crippen molar-refractivity contribution in [2.24, 2.45) is 0 Å². The van der Waals surface area contributed by atoms with Crippen LogP contribution in [0.15, 0.2) is 53.6 Å². The van der Waals surface area contributed by atoms with Gasteiger partial charge in [0, 0.05) is 11.3 Å². The Hall–Kier alpha value is -1.76. The molecule has 0 aliphatic heterocycles. The molecule has 2 rings (SSSR count). The second-order valence-electron chi connectivity index (χ2n) is 4.36. The number of rotatable bonds is 1. The molecule has 0 fully saturated rings. The number of nitrogen functional groups attached to an aromatic ring is 1. The topological polar surface area (TPSA) is 26.0 Å². The van der Waals surface area contributed by atoms with Crippen molar-refractivity contribution >= 4 is 11.3 Å². The van der Waals surface area contributed by atoms with E-state index in [-0.39, 0.29) is 0 Å². The van der Waals surface area contributed by atoms with Gasteiger partial charge in [-0.15, -0.1) is 0 Å². The van der Waals surface area contributed by atoms with Crippen LogP contribution >= 0.6 is 0 Å². The standard InChI is InChI=1S/C15H17N/c1-11-7-8-13(10-12(2)9-11)14-5-3-4-6-15(14)16/h3-9H,10,16H2,1-2H3. The maximum atomic E-state index is 6.00. The molecule has 1 nitrogen and oxygen atoms in total. The van der Waals surface area contributed by atoms with Gasteiger partial charge in [-0.1, -0.05) is 47.6 Å². The van der Waals surface area contributed by atoms with Crippen molar-refractivity contribution in [3.05, 3.63) is 59.2 Å². The minimum Gasteiger partial charge on any atom is -0.398 e. The van der Waals surface area contributed by atoms with Crippen LogP contribution in [0.5, 0.6) is 0 Å². The van der Waals surface area contributed by atoms with Gasteiger partial charge in [0.2, 0.25) is 0 Å². The lowest BCUT2D eigenvalue weighted by Gasteiger charge is -2.09. The van der Waals surface area contributed by atoms with Crippen molar-refractivity contribution < 1.29 is 0 Å². The molecule has 0 spiro atoms. The number of hydrogen-bond acceptors (Lipinski definition) is 1. The second kappa shape index (κ2) is 4.40. The smallest absolute Gasteiger partial charge is 0.0390 e. The summed E-state index contributed by atoms with van der Waals surface area (Å²) in [6.07, 6.45) is 7.52. The van der Waals surface area contributed by atoms with Gasteiger partial charge in [-0.25, -0.2) is 0 Å². The van der Waals surface area contributed by atoms with Crippen LogP contribution in [0.25, 0.3) is 5.57 Å². The molecular weight excluding hydrogens is 194 g/mol. The molecule has 0 atom stereocenters. The molecule has 2 N–H and O–H groups in total. The van der Waals surface area contributed by atoms with Gasteiger partial charge in [-0.05, 0) is 31.9 Å². The third kappa shape index (κ3) is 2.25. The first-order valence-electron chi connectivity index (χ1n) is 5.56. The Balaban J connectivity index is 2.43. The first-order chi connectivity index (χ1) is 7.66. The maximum Gasteiger partial charge on any atom is 0.0390 e. The van der Waals surface area contributed by atoms with Crippen LogP contribution in [0.3, 0.4) is 0 Å². The number of anilines is 1. The summed E-state index contributed by atoms with van der Waals surface area (Å²) in [6.45, 7) is 4.28. The maximum absolute atomic E-state index is 6.00. The van der Waals surface area contributed by atoms with Crippen LogP contribution in [-0.4, -0.2) is 0 Å². The first kappa shape index (κ1) is 10.7. The average Bonchev–Trinajstić information content (AvgIpc) is 2.40. The molecule has 82 valence electrons. The zero-order valence-corrected chi connectivity index (χ0v) is 9.83. The highest BCUT2D eigenvalue weighted by molar-refractivity contribution is 5.77. The molecular formula is C15H17N. The van der Waals surface area contributed by atoms with E-state index >= 15 is 0 Å². The number of nitrogens with two attached hydrogens (primary N) is 1. The van der Waals surface area contributed by atoms with Crippen LogP contribution in [0.2, 0.25) is 0 Å². The van der Waals surface area contributed by atoms with Crippen molar-refractivity contribution in [3.8, 4) is 0 Å². The number of hydrogen-bond donors (Lipinski definition) is 1. The molecule has 1 aliphatic rings. The van der Waals surface area contributed by atoms with E-state index in [4.69, 9.17) is 5.73 Å². The van der Waals surface area contributed by atoms with Crippen LogP contribution in [0, 0.1) is 0 Å². The predicted octanol–water partition coefficient (Wildman–Crippen LogP) is 3.95. The fourth-order valence-corrected chi connectivity index (χ4v) is 2.05. The quantitative estimate of drug-likeness (QED) is 0.699. The largest absolute Gasteiger partial charge is 0.398 e. The van der Waals surface area contributed by atoms with Crippen LogP contribution in [0.4, 0.5) is 5.69 Å². The summed E-state index contributed by atoms with van der Waals surface area (Å²) in [7, 11) is 0. The Kier molecular flexibility index (Phi) is 2.95. The molecule has 0 aromatic heterocycles. The summed E-state index contributed by atoms with van der Waals surface area (Å²) < 4.78 is 0. The molecule has 0 saturated heterocycles. The highest BCUT2D eigenvalue weighted by atomic mass is 14.6. The van der Waals surface area contributed by atoms with Gasteiger partial charge in [0.15, 0.2) is 0 Å². The minimum absolute atomic E-state index is 0.856. The van der Waals surface area contributed by atoms with E-state index in [1.807, 2.05) is 18.2 Å². The van der Waals surface area contributed by atoms with E-state index in [0.717, 1.165) is 17.7 Å². The van der Waals surface area contributed by atoms with Crippen LogP contribution in [-0.2, 0) is 0 Å². The molecule has 0 radical (unpaired) electrons. The van der Waals surface area contributed by atoms with E-state index in [1.165, 1.54) is 16.7 Å². The van der Waals surface area contributed by atoms with E-state index in [0.29, 0.717) is 0 Å². The molecule has 1 aromatic carbocycles. The van der Waals surface area contributed by atoms with Crippen molar-refractivity contribution in [1.29, 1.82) is 0 Å².